The van der Waals surface area contributed by atoms with Crippen molar-refractivity contribution in [1.29, 1.82) is 0 Å². The number of aliphatic imine (C=N–C) groups is 1. The fourth-order valence-electron chi connectivity index (χ4n) is 2.96. The van der Waals surface area contributed by atoms with Gasteiger partial charge >= 0.3 is 5.97 Å². The molecule has 1 heterocycles. The maximum atomic E-state index is 13.2. The number of halogens is 1. The first-order chi connectivity index (χ1) is 13.7. The standard InChI is InChI=1S/C18H16ClN3O6S/c1-11-3-6-13(7-4-11)29(26,27)21-10-20-16(18(23)28-2)17(21)14-9-12(22(24)25)5-8-15(14)19/h3-10,16-17H,1-2H3/t16-,17+/m0/s1. The molecule has 0 radical (unpaired) electrons. The second-order valence-corrected chi connectivity index (χ2v) is 8.54. The van der Waals surface area contributed by atoms with Crippen molar-refractivity contribution >= 4 is 39.6 Å². The maximum Gasteiger partial charge on any atom is 0.333 e. The minimum Gasteiger partial charge on any atom is -0.467 e. The van der Waals surface area contributed by atoms with Gasteiger partial charge < -0.3 is 4.74 Å². The summed E-state index contributed by atoms with van der Waals surface area (Å²) in [6.07, 6.45) is 1.01. The van der Waals surface area contributed by atoms with Crippen molar-refractivity contribution in [2.24, 2.45) is 4.99 Å². The van der Waals surface area contributed by atoms with Gasteiger partial charge in [0.15, 0.2) is 6.04 Å². The first kappa shape index (κ1) is 20.7. The Morgan fingerprint density at radius 2 is 1.90 bits per heavy atom. The number of benzene rings is 2. The van der Waals surface area contributed by atoms with Crippen LogP contribution in [0.4, 0.5) is 5.69 Å². The molecule has 152 valence electrons. The highest BCUT2D eigenvalue weighted by molar-refractivity contribution is 7.89. The van der Waals surface area contributed by atoms with Crippen molar-refractivity contribution < 1.29 is 22.9 Å². The van der Waals surface area contributed by atoms with E-state index in [1.165, 1.54) is 24.3 Å². The van der Waals surface area contributed by atoms with Crippen LogP contribution in [0.15, 0.2) is 52.4 Å². The summed E-state index contributed by atoms with van der Waals surface area (Å²) in [5.41, 5.74) is 0.641. The Kier molecular flexibility index (Phi) is 5.58. The number of nitrogens with zero attached hydrogens (tertiary/aromatic N) is 3. The summed E-state index contributed by atoms with van der Waals surface area (Å²) in [4.78, 5) is 26.8. The Hall–Kier alpha value is -2.98. The van der Waals surface area contributed by atoms with Gasteiger partial charge in [-0.2, -0.15) is 0 Å². The average molecular weight is 438 g/mol. The van der Waals surface area contributed by atoms with Crippen LogP contribution < -0.4 is 0 Å². The van der Waals surface area contributed by atoms with Crippen molar-refractivity contribution in [3.63, 3.8) is 0 Å². The Morgan fingerprint density at radius 1 is 1.24 bits per heavy atom. The smallest absolute Gasteiger partial charge is 0.333 e. The summed E-state index contributed by atoms with van der Waals surface area (Å²) in [6, 6.07) is 7.22. The summed E-state index contributed by atoms with van der Waals surface area (Å²) in [5, 5.41) is 11.2. The van der Waals surface area contributed by atoms with Gasteiger partial charge in [-0.25, -0.2) is 17.5 Å². The molecule has 0 saturated heterocycles. The van der Waals surface area contributed by atoms with Crippen molar-refractivity contribution in [3.8, 4) is 0 Å². The lowest BCUT2D eigenvalue weighted by Gasteiger charge is -2.27. The van der Waals surface area contributed by atoms with Crippen molar-refractivity contribution in [3.05, 3.63) is 68.7 Å². The SMILES string of the molecule is COC(=O)[C@H]1N=CN(S(=O)(=O)c2ccc(C)cc2)[C@@H]1c1cc([N+](=O)[O-])ccc1Cl. The van der Waals surface area contributed by atoms with E-state index in [1.54, 1.807) is 12.1 Å². The van der Waals surface area contributed by atoms with Crippen LogP contribution in [-0.4, -0.2) is 43.1 Å². The number of esters is 1. The third kappa shape index (κ3) is 3.81. The van der Waals surface area contributed by atoms with Crippen molar-refractivity contribution in [1.82, 2.24) is 4.31 Å². The van der Waals surface area contributed by atoms with Crippen LogP contribution >= 0.6 is 11.6 Å². The lowest BCUT2D eigenvalue weighted by molar-refractivity contribution is -0.384. The zero-order chi connectivity index (χ0) is 21.3. The second-order valence-electron chi connectivity index (χ2n) is 6.29. The van der Waals surface area contributed by atoms with Crippen LogP contribution in [0.25, 0.3) is 0 Å². The monoisotopic (exact) mass is 437 g/mol. The van der Waals surface area contributed by atoms with Crippen LogP contribution in [0.1, 0.15) is 17.2 Å². The molecular weight excluding hydrogens is 422 g/mol. The minimum absolute atomic E-state index is 0.0216. The fourth-order valence-corrected chi connectivity index (χ4v) is 4.62. The molecule has 0 fully saturated rings. The zero-order valence-corrected chi connectivity index (χ0v) is 16.9. The number of aryl methyl sites for hydroxylation is 1. The number of hydrogen-bond acceptors (Lipinski definition) is 7. The molecule has 2 aromatic rings. The number of nitro benzene ring substituents is 1. The summed E-state index contributed by atoms with van der Waals surface area (Å²) < 4.78 is 32.1. The summed E-state index contributed by atoms with van der Waals surface area (Å²) in [6.45, 7) is 1.81. The quantitative estimate of drug-likeness (QED) is 0.403. The van der Waals surface area contributed by atoms with Gasteiger partial charge in [-0.05, 0) is 25.1 Å². The first-order valence-electron chi connectivity index (χ1n) is 8.32. The van der Waals surface area contributed by atoms with Gasteiger partial charge in [0, 0.05) is 22.7 Å². The van der Waals surface area contributed by atoms with Gasteiger partial charge in [-0.15, -0.1) is 0 Å². The third-order valence-corrected chi connectivity index (χ3v) is 6.55. The van der Waals surface area contributed by atoms with Crippen LogP contribution in [0.5, 0.6) is 0 Å². The molecule has 9 nitrogen and oxygen atoms in total. The topological polar surface area (TPSA) is 119 Å². The molecule has 0 amide bonds. The molecule has 29 heavy (non-hydrogen) atoms. The van der Waals surface area contributed by atoms with E-state index in [2.05, 4.69) is 4.99 Å². The number of ether oxygens (including phenoxy) is 1. The summed E-state index contributed by atoms with van der Waals surface area (Å²) in [5.74, 6) is -0.796. The summed E-state index contributed by atoms with van der Waals surface area (Å²) in [7, 11) is -2.99. The highest BCUT2D eigenvalue weighted by atomic mass is 35.5. The van der Waals surface area contributed by atoms with E-state index in [1.807, 2.05) is 6.92 Å². The predicted octanol–water partition coefficient (Wildman–Crippen LogP) is 2.87. The number of carbonyl (C=O) groups excluding carboxylic acids is 1. The van der Waals surface area contributed by atoms with E-state index in [9.17, 15) is 23.3 Å². The molecule has 0 unspecified atom stereocenters. The number of non-ortho nitro benzene ring substituents is 1. The largest absolute Gasteiger partial charge is 0.467 e. The van der Waals surface area contributed by atoms with E-state index < -0.39 is 33.0 Å². The molecule has 0 aromatic heterocycles. The molecule has 2 atom stereocenters. The van der Waals surface area contributed by atoms with Gasteiger partial charge in [-0.1, -0.05) is 29.3 Å². The normalized spacial score (nSPS) is 18.7. The van der Waals surface area contributed by atoms with Gasteiger partial charge in [0.05, 0.1) is 16.9 Å². The minimum atomic E-state index is -4.13. The summed E-state index contributed by atoms with van der Waals surface area (Å²) >= 11 is 6.22. The first-order valence-corrected chi connectivity index (χ1v) is 10.1. The number of sulfonamides is 1. The Morgan fingerprint density at radius 3 is 2.48 bits per heavy atom. The van der Waals surface area contributed by atoms with E-state index in [-0.39, 0.29) is 21.2 Å². The third-order valence-electron chi connectivity index (χ3n) is 4.46. The molecule has 2 aromatic carbocycles. The van der Waals surface area contributed by atoms with E-state index in [4.69, 9.17) is 16.3 Å². The van der Waals surface area contributed by atoms with Crippen LogP contribution in [0.3, 0.4) is 0 Å². The van der Waals surface area contributed by atoms with Gasteiger partial charge in [0.25, 0.3) is 15.7 Å². The average Bonchev–Trinajstić information content (AvgIpc) is 3.13. The highest BCUT2D eigenvalue weighted by Gasteiger charge is 2.45. The number of rotatable bonds is 5. The van der Waals surface area contributed by atoms with Crippen LogP contribution in [0, 0.1) is 17.0 Å². The van der Waals surface area contributed by atoms with Gasteiger partial charge in [0.2, 0.25) is 0 Å². The van der Waals surface area contributed by atoms with Crippen LogP contribution in [-0.2, 0) is 19.6 Å². The van der Waals surface area contributed by atoms with E-state index in [0.717, 1.165) is 29.4 Å². The fraction of sp³-hybridized carbons (Fsp3) is 0.222. The van der Waals surface area contributed by atoms with Crippen LogP contribution in [0.2, 0.25) is 5.02 Å². The number of methoxy groups -OCH3 is 1. The predicted molar refractivity (Wildman–Crippen MR) is 105 cm³/mol. The Bertz CT molecular complexity index is 1100. The second kappa shape index (κ2) is 7.80. The number of nitro groups is 1. The molecular formula is C18H16ClN3O6S. The van der Waals surface area contributed by atoms with E-state index in [0.29, 0.717) is 0 Å². The molecule has 11 heteroatoms. The van der Waals surface area contributed by atoms with Gasteiger partial charge in [0.1, 0.15) is 12.4 Å². The molecule has 1 aliphatic heterocycles. The molecule has 0 saturated carbocycles. The molecule has 0 spiro atoms. The maximum absolute atomic E-state index is 13.2. The molecule has 0 N–H and O–H groups in total. The Balaban J connectivity index is 2.16. The molecule has 3 rings (SSSR count). The van der Waals surface area contributed by atoms with E-state index >= 15 is 0 Å². The van der Waals surface area contributed by atoms with Gasteiger partial charge in [-0.3, -0.25) is 15.1 Å². The lowest BCUT2D eigenvalue weighted by atomic mass is 10.00. The molecule has 0 aliphatic carbocycles. The zero-order valence-electron chi connectivity index (χ0n) is 15.4. The Labute approximate surface area is 171 Å². The number of hydrogen-bond donors (Lipinski definition) is 0. The number of carbonyl (C=O) groups is 1. The molecule has 1 aliphatic rings. The highest BCUT2D eigenvalue weighted by Crippen LogP contribution is 2.39. The van der Waals surface area contributed by atoms with Crippen molar-refractivity contribution in [2.75, 3.05) is 7.11 Å². The van der Waals surface area contributed by atoms with Crippen molar-refractivity contribution in [2.45, 2.75) is 23.9 Å². The lowest BCUT2D eigenvalue weighted by Crippen LogP contribution is -2.37. The molecule has 0 bridgehead atoms.